The van der Waals surface area contributed by atoms with E-state index in [9.17, 15) is 27.2 Å². The molecule has 5 rings (SSSR count). The predicted octanol–water partition coefficient (Wildman–Crippen LogP) is 5.10. The summed E-state index contributed by atoms with van der Waals surface area (Å²) in [6.07, 6.45) is -4.97. The Labute approximate surface area is 219 Å². The monoisotopic (exact) mass is 545 g/mol. The number of nitrogens with one attached hydrogen (secondary N) is 1. The first-order chi connectivity index (χ1) is 18.1. The summed E-state index contributed by atoms with van der Waals surface area (Å²) in [4.78, 5) is 28.9. The molecule has 1 saturated heterocycles. The van der Waals surface area contributed by atoms with Crippen molar-refractivity contribution in [2.24, 2.45) is 0 Å². The number of anilines is 2. The summed E-state index contributed by atoms with van der Waals surface area (Å²) < 4.78 is 64.0. The van der Waals surface area contributed by atoms with Gasteiger partial charge in [0.25, 0.3) is 5.91 Å². The normalized spacial score (nSPS) is 16.8. The van der Waals surface area contributed by atoms with E-state index in [0.717, 1.165) is 17.0 Å². The Kier molecular flexibility index (Phi) is 6.66. The zero-order valence-electron chi connectivity index (χ0n) is 19.5. The number of alkyl halides is 3. The Morgan fingerprint density at radius 2 is 1.76 bits per heavy atom. The quantitative estimate of drug-likeness (QED) is 0.343. The molecule has 1 fully saturated rings. The Morgan fingerprint density at radius 3 is 2.50 bits per heavy atom. The van der Waals surface area contributed by atoms with Gasteiger partial charge < -0.3 is 19.7 Å². The van der Waals surface area contributed by atoms with Crippen LogP contribution in [0.3, 0.4) is 0 Å². The molecule has 2 amide bonds. The Hall–Kier alpha value is -4.19. The van der Waals surface area contributed by atoms with Crippen molar-refractivity contribution in [1.82, 2.24) is 4.90 Å². The van der Waals surface area contributed by atoms with Gasteiger partial charge in [-0.1, -0.05) is 12.1 Å². The number of benzene rings is 3. The lowest BCUT2D eigenvalue weighted by atomic mass is 10.1. The van der Waals surface area contributed by atoms with Crippen LogP contribution in [-0.4, -0.2) is 34.7 Å². The third kappa shape index (κ3) is 5.12. The molecule has 2 heterocycles. The van der Waals surface area contributed by atoms with E-state index in [2.05, 4.69) is 5.32 Å². The molecule has 1 unspecified atom stereocenters. The molecule has 1 atom stereocenters. The SMILES string of the molecule is O=C(CC1C(=O)N(c2cccc(C(F)(F)F)c2)C(=S)N1Cc1ccc2c(c1)OCO2)Nc1ccc(F)cc1. The van der Waals surface area contributed by atoms with Crippen molar-refractivity contribution < 1.29 is 36.6 Å². The Bertz CT molecular complexity index is 1410. The van der Waals surface area contributed by atoms with Crippen molar-refractivity contribution in [3.63, 3.8) is 0 Å². The smallest absolute Gasteiger partial charge is 0.416 e. The molecule has 1 N–H and O–H groups in total. The predicted molar refractivity (Wildman–Crippen MR) is 133 cm³/mol. The van der Waals surface area contributed by atoms with Crippen LogP contribution in [0.2, 0.25) is 0 Å². The second-order valence-electron chi connectivity index (χ2n) is 8.59. The molecule has 2 aliphatic heterocycles. The number of amides is 2. The van der Waals surface area contributed by atoms with E-state index in [1.165, 1.54) is 41.3 Å². The molecule has 0 aliphatic carbocycles. The van der Waals surface area contributed by atoms with E-state index in [4.69, 9.17) is 21.7 Å². The molecule has 0 spiro atoms. The first-order valence-corrected chi connectivity index (χ1v) is 11.8. The van der Waals surface area contributed by atoms with Crippen LogP contribution in [0.15, 0.2) is 66.7 Å². The van der Waals surface area contributed by atoms with Crippen LogP contribution < -0.4 is 19.7 Å². The molecule has 0 bridgehead atoms. The van der Waals surface area contributed by atoms with E-state index in [1.807, 2.05) is 0 Å². The van der Waals surface area contributed by atoms with E-state index >= 15 is 0 Å². The lowest BCUT2D eigenvalue weighted by Crippen LogP contribution is -2.37. The summed E-state index contributed by atoms with van der Waals surface area (Å²) in [6.45, 7) is 0.139. The third-order valence-corrected chi connectivity index (χ3v) is 6.46. The number of rotatable bonds is 6. The Morgan fingerprint density at radius 1 is 1.03 bits per heavy atom. The zero-order valence-corrected chi connectivity index (χ0v) is 20.3. The summed E-state index contributed by atoms with van der Waals surface area (Å²) in [7, 11) is 0. The lowest BCUT2D eigenvalue weighted by Gasteiger charge is -2.24. The average molecular weight is 546 g/mol. The van der Waals surface area contributed by atoms with Gasteiger partial charge in [0.1, 0.15) is 11.9 Å². The van der Waals surface area contributed by atoms with E-state index in [1.54, 1.807) is 18.2 Å². The molecular formula is C26H19F4N3O4S. The maximum absolute atomic E-state index is 13.5. The van der Waals surface area contributed by atoms with Gasteiger partial charge in [-0.2, -0.15) is 13.2 Å². The summed E-state index contributed by atoms with van der Waals surface area (Å²) in [5, 5.41) is 2.55. The minimum absolute atomic E-state index is 0.0495. The van der Waals surface area contributed by atoms with E-state index in [-0.39, 0.29) is 30.6 Å². The second-order valence-corrected chi connectivity index (χ2v) is 8.96. The van der Waals surface area contributed by atoms with Gasteiger partial charge in [-0.3, -0.25) is 14.5 Å². The number of hydrogen-bond donors (Lipinski definition) is 1. The van der Waals surface area contributed by atoms with Crippen LogP contribution in [0.1, 0.15) is 17.5 Å². The van der Waals surface area contributed by atoms with Crippen LogP contribution in [0, 0.1) is 5.82 Å². The topological polar surface area (TPSA) is 71.1 Å². The summed E-state index contributed by atoms with van der Waals surface area (Å²) in [5.74, 6) is -0.636. The molecule has 12 heteroatoms. The fourth-order valence-corrected chi connectivity index (χ4v) is 4.62. The van der Waals surface area contributed by atoms with Gasteiger partial charge in [0.2, 0.25) is 12.7 Å². The molecule has 0 aromatic heterocycles. The van der Waals surface area contributed by atoms with Crippen molar-refractivity contribution in [1.29, 1.82) is 0 Å². The molecule has 38 heavy (non-hydrogen) atoms. The van der Waals surface area contributed by atoms with Crippen molar-refractivity contribution in [3.05, 3.63) is 83.7 Å². The van der Waals surface area contributed by atoms with Gasteiger partial charge in [0.15, 0.2) is 16.6 Å². The molecule has 0 saturated carbocycles. The average Bonchev–Trinajstić information content (AvgIpc) is 3.43. The van der Waals surface area contributed by atoms with Crippen LogP contribution in [0.4, 0.5) is 28.9 Å². The largest absolute Gasteiger partial charge is 0.454 e. The van der Waals surface area contributed by atoms with Crippen LogP contribution >= 0.6 is 12.2 Å². The van der Waals surface area contributed by atoms with Gasteiger partial charge >= 0.3 is 6.18 Å². The molecule has 0 radical (unpaired) electrons. The highest BCUT2D eigenvalue weighted by molar-refractivity contribution is 7.80. The number of carbonyl (C=O) groups excluding carboxylic acids is 2. The molecule has 2 aliphatic rings. The number of hydrogen-bond acceptors (Lipinski definition) is 5. The molecule has 7 nitrogen and oxygen atoms in total. The minimum atomic E-state index is -4.62. The minimum Gasteiger partial charge on any atom is -0.454 e. The van der Waals surface area contributed by atoms with E-state index in [0.29, 0.717) is 22.7 Å². The Balaban J connectivity index is 1.44. The second kappa shape index (κ2) is 9.93. The zero-order chi connectivity index (χ0) is 27.0. The summed E-state index contributed by atoms with van der Waals surface area (Å²) >= 11 is 5.55. The first kappa shape index (κ1) is 25.5. The summed E-state index contributed by atoms with van der Waals surface area (Å²) in [6, 6.07) is 13.4. The standard InChI is InChI=1S/C26H19F4N3O4S/c27-17-5-7-18(8-6-17)31-23(34)12-20-24(35)33(19-3-1-2-16(11-19)26(28,29)30)25(38)32(20)13-15-4-9-21-22(10-15)37-14-36-21/h1-11,20H,12-14H2,(H,31,34). The highest BCUT2D eigenvalue weighted by Gasteiger charge is 2.45. The van der Waals surface area contributed by atoms with Crippen LogP contribution in [0.5, 0.6) is 11.5 Å². The fraction of sp³-hybridized carbons (Fsp3) is 0.192. The van der Waals surface area contributed by atoms with Crippen molar-refractivity contribution in [2.75, 3.05) is 17.0 Å². The van der Waals surface area contributed by atoms with Crippen molar-refractivity contribution in [2.45, 2.75) is 25.2 Å². The number of thiocarbonyl (C=S) groups is 1. The number of ether oxygens (including phenoxy) is 2. The molecule has 196 valence electrons. The first-order valence-electron chi connectivity index (χ1n) is 11.4. The lowest BCUT2D eigenvalue weighted by molar-refractivity contribution is -0.137. The number of nitrogens with zero attached hydrogens (tertiary/aromatic N) is 2. The third-order valence-electron chi connectivity index (χ3n) is 6.05. The maximum Gasteiger partial charge on any atom is 0.416 e. The highest BCUT2D eigenvalue weighted by atomic mass is 32.1. The van der Waals surface area contributed by atoms with E-state index < -0.39 is 35.4 Å². The van der Waals surface area contributed by atoms with Crippen molar-refractivity contribution >= 4 is 40.5 Å². The number of fused-ring (bicyclic) bond motifs is 1. The van der Waals surface area contributed by atoms with Crippen LogP contribution in [-0.2, 0) is 22.3 Å². The van der Waals surface area contributed by atoms with Gasteiger partial charge in [-0.25, -0.2) is 4.39 Å². The van der Waals surface area contributed by atoms with Gasteiger partial charge in [0.05, 0.1) is 17.7 Å². The number of carbonyl (C=O) groups is 2. The highest BCUT2D eigenvalue weighted by Crippen LogP contribution is 2.36. The maximum atomic E-state index is 13.5. The van der Waals surface area contributed by atoms with Gasteiger partial charge in [0, 0.05) is 12.2 Å². The van der Waals surface area contributed by atoms with Gasteiger partial charge in [-0.05, 0) is 72.4 Å². The molecule has 3 aromatic carbocycles. The van der Waals surface area contributed by atoms with Crippen molar-refractivity contribution in [3.8, 4) is 11.5 Å². The molecular weight excluding hydrogens is 526 g/mol. The van der Waals surface area contributed by atoms with Crippen LogP contribution in [0.25, 0.3) is 0 Å². The van der Waals surface area contributed by atoms with Gasteiger partial charge in [-0.15, -0.1) is 0 Å². The number of halogens is 4. The fourth-order valence-electron chi connectivity index (χ4n) is 4.23. The molecule has 3 aromatic rings. The summed E-state index contributed by atoms with van der Waals surface area (Å²) in [5.41, 5.74) is -0.00177.